The van der Waals surface area contributed by atoms with Crippen LogP contribution >= 0.6 is 0 Å². The molecule has 0 spiro atoms. The molecule has 0 aromatic rings. The van der Waals surface area contributed by atoms with Crippen LogP contribution in [0.5, 0.6) is 0 Å². The SMILES string of the molecule is CCCCCCCCCCCCCCCCCCCCCCCC(O)C(CO)NC(=O)CCCCCCCCCCCCCCOC(=O)CCCCCCCCCCCCCCCCCC. The van der Waals surface area contributed by atoms with Gasteiger partial charge in [-0.15, -0.1) is 0 Å². The van der Waals surface area contributed by atoms with Crippen molar-refractivity contribution < 1.29 is 24.5 Å². The van der Waals surface area contributed by atoms with Crippen LogP contribution in [-0.4, -0.2) is 47.4 Å². The third-order valence-electron chi connectivity index (χ3n) is 14.4. The number of amides is 1. The Bertz CT molecular complexity index is 944. The Kier molecular flexibility index (Phi) is 55.5. The molecule has 0 aliphatic carbocycles. The lowest BCUT2D eigenvalue weighted by molar-refractivity contribution is -0.143. The van der Waals surface area contributed by atoms with Gasteiger partial charge in [0.15, 0.2) is 0 Å². The lowest BCUT2D eigenvalue weighted by Gasteiger charge is -2.22. The highest BCUT2D eigenvalue weighted by molar-refractivity contribution is 5.76. The highest BCUT2D eigenvalue weighted by Gasteiger charge is 2.20. The van der Waals surface area contributed by atoms with Gasteiger partial charge in [0, 0.05) is 12.8 Å². The van der Waals surface area contributed by atoms with Crippen LogP contribution in [0.3, 0.4) is 0 Å². The van der Waals surface area contributed by atoms with Crippen molar-refractivity contribution in [1.29, 1.82) is 0 Å². The summed E-state index contributed by atoms with van der Waals surface area (Å²) >= 11 is 0. The van der Waals surface area contributed by atoms with E-state index in [1.165, 1.54) is 257 Å². The molecule has 0 aliphatic heterocycles. The van der Waals surface area contributed by atoms with Gasteiger partial charge in [0.25, 0.3) is 0 Å². The molecule has 0 fully saturated rings. The van der Waals surface area contributed by atoms with E-state index in [2.05, 4.69) is 19.2 Å². The minimum Gasteiger partial charge on any atom is -0.466 e. The van der Waals surface area contributed by atoms with Gasteiger partial charge in [0.2, 0.25) is 5.91 Å². The zero-order valence-corrected chi connectivity index (χ0v) is 45.0. The Morgan fingerprint density at radius 1 is 0.364 bits per heavy atom. The van der Waals surface area contributed by atoms with Gasteiger partial charge < -0.3 is 20.3 Å². The average molecular weight is 935 g/mol. The molecule has 1 amide bonds. The maximum absolute atomic E-state index is 12.5. The topological polar surface area (TPSA) is 95.9 Å². The first-order valence-electron chi connectivity index (χ1n) is 30.3. The normalized spacial score (nSPS) is 12.5. The fraction of sp³-hybridized carbons (Fsp3) is 0.967. The number of unbranched alkanes of at least 4 members (excludes halogenated alkanes) is 46. The summed E-state index contributed by atoms with van der Waals surface area (Å²) in [5.74, 6) is -0.0499. The van der Waals surface area contributed by atoms with E-state index in [4.69, 9.17) is 4.74 Å². The number of ether oxygens (including phenoxy) is 1. The molecule has 0 aromatic heterocycles. The number of aliphatic hydroxyl groups excluding tert-OH is 2. The van der Waals surface area contributed by atoms with E-state index < -0.39 is 12.1 Å². The van der Waals surface area contributed by atoms with Gasteiger partial charge in [-0.25, -0.2) is 0 Å². The van der Waals surface area contributed by atoms with Crippen LogP contribution in [-0.2, 0) is 14.3 Å². The number of carbonyl (C=O) groups is 2. The summed E-state index contributed by atoms with van der Waals surface area (Å²) in [6, 6.07) is -0.552. The standard InChI is InChI=1S/C60H119NO5/c1-3-5-7-9-11-13-15-17-19-21-22-23-24-25-26-28-32-36-40-44-48-52-58(63)57(56-62)61-59(64)53-49-45-41-37-33-30-31-35-39-43-47-51-55-66-60(65)54-50-46-42-38-34-29-27-20-18-16-14-12-10-8-6-4-2/h57-58,62-63H,3-56H2,1-2H3,(H,61,64). The molecule has 0 aromatic carbocycles. The monoisotopic (exact) mass is 934 g/mol. The van der Waals surface area contributed by atoms with Crippen LogP contribution in [0.15, 0.2) is 0 Å². The summed E-state index contributed by atoms with van der Waals surface area (Å²) in [5, 5.41) is 23.3. The van der Waals surface area contributed by atoms with Gasteiger partial charge >= 0.3 is 5.97 Å². The Balaban J connectivity index is 3.43. The van der Waals surface area contributed by atoms with Crippen molar-refractivity contribution in [3.63, 3.8) is 0 Å². The Morgan fingerprint density at radius 2 is 0.621 bits per heavy atom. The van der Waals surface area contributed by atoms with Crippen LogP contribution in [0.25, 0.3) is 0 Å². The van der Waals surface area contributed by atoms with E-state index in [0.29, 0.717) is 25.9 Å². The van der Waals surface area contributed by atoms with Gasteiger partial charge in [-0.05, 0) is 25.7 Å². The maximum Gasteiger partial charge on any atom is 0.305 e. The number of hydrogen-bond donors (Lipinski definition) is 3. The van der Waals surface area contributed by atoms with Crippen molar-refractivity contribution in [2.75, 3.05) is 13.2 Å². The number of rotatable bonds is 57. The van der Waals surface area contributed by atoms with E-state index in [1.54, 1.807) is 0 Å². The maximum atomic E-state index is 12.5. The van der Waals surface area contributed by atoms with E-state index in [9.17, 15) is 19.8 Å². The van der Waals surface area contributed by atoms with Crippen molar-refractivity contribution in [3.05, 3.63) is 0 Å². The summed E-state index contributed by atoms with van der Waals surface area (Å²) < 4.78 is 5.48. The number of esters is 1. The molecule has 6 nitrogen and oxygen atoms in total. The number of nitrogens with one attached hydrogen (secondary N) is 1. The fourth-order valence-electron chi connectivity index (χ4n) is 9.76. The largest absolute Gasteiger partial charge is 0.466 e. The van der Waals surface area contributed by atoms with Crippen molar-refractivity contribution in [2.45, 2.75) is 360 Å². The Labute approximate surface area is 413 Å². The van der Waals surface area contributed by atoms with Gasteiger partial charge in [-0.2, -0.15) is 0 Å². The van der Waals surface area contributed by atoms with Crippen molar-refractivity contribution in [1.82, 2.24) is 5.32 Å². The van der Waals surface area contributed by atoms with Gasteiger partial charge in [-0.1, -0.05) is 309 Å². The molecule has 3 N–H and O–H groups in total. The van der Waals surface area contributed by atoms with Crippen LogP contribution in [0.2, 0.25) is 0 Å². The van der Waals surface area contributed by atoms with Gasteiger partial charge in [0.1, 0.15) is 0 Å². The summed E-state index contributed by atoms with van der Waals surface area (Å²) in [6.07, 6.45) is 65.2. The lowest BCUT2D eigenvalue weighted by Crippen LogP contribution is -2.45. The van der Waals surface area contributed by atoms with Gasteiger partial charge in [-0.3, -0.25) is 9.59 Å². The summed E-state index contributed by atoms with van der Waals surface area (Å²) in [5.41, 5.74) is 0. The molecule has 0 saturated carbocycles. The molecule has 2 unspecified atom stereocenters. The van der Waals surface area contributed by atoms with E-state index in [0.717, 1.165) is 57.8 Å². The first kappa shape index (κ1) is 64.9. The van der Waals surface area contributed by atoms with E-state index in [-0.39, 0.29) is 18.5 Å². The first-order chi connectivity index (χ1) is 32.5. The third kappa shape index (κ3) is 52.2. The molecular formula is C60H119NO5. The summed E-state index contributed by atoms with van der Waals surface area (Å²) in [6.45, 7) is 4.96. The summed E-state index contributed by atoms with van der Waals surface area (Å²) in [7, 11) is 0. The predicted octanol–water partition coefficient (Wildman–Crippen LogP) is 18.7. The number of carbonyl (C=O) groups excluding carboxylic acids is 2. The van der Waals surface area contributed by atoms with Crippen LogP contribution < -0.4 is 5.32 Å². The quantitative estimate of drug-likeness (QED) is 0.0417. The number of hydrogen-bond acceptors (Lipinski definition) is 5. The molecule has 394 valence electrons. The lowest BCUT2D eigenvalue weighted by atomic mass is 10.0. The molecule has 0 rings (SSSR count). The highest BCUT2D eigenvalue weighted by atomic mass is 16.5. The highest BCUT2D eigenvalue weighted by Crippen LogP contribution is 2.18. The minimum atomic E-state index is -0.674. The second-order valence-corrected chi connectivity index (χ2v) is 21.1. The zero-order chi connectivity index (χ0) is 47.9. The second-order valence-electron chi connectivity index (χ2n) is 21.1. The van der Waals surface area contributed by atoms with Crippen LogP contribution in [0.1, 0.15) is 348 Å². The molecule has 66 heavy (non-hydrogen) atoms. The zero-order valence-electron chi connectivity index (χ0n) is 45.0. The molecule has 2 atom stereocenters. The molecule has 0 heterocycles. The van der Waals surface area contributed by atoms with Crippen LogP contribution in [0, 0.1) is 0 Å². The molecule has 0 radical (unpaired) electrons. The smallest absolute Gasteiger partial charge is 0.305 e. The van der Waals surface area contributed by atoms with E-state index >= 15 is 0 Å². The fourth-order valence-corrected chi connectivity index (χ4v) is 9.76. The van der Waals surface area contributed by atoms with E-state index in [1.807, 2.05) is 0 Å². The first-order valence-corrected chi connectivity index (χ1v) is 30.3. The Morgan fingerprint density at radius 3 is 0.924 bits per heavy atom. The average Bonchev–Trinajstić information content (AvgIpc) is 3.32. The van der Waals surface area contributed by atoms with Crippen molar-refractivity contribution in [2.24, 2.45) is 0 Å². The molecule has 0 bridgehead atoms. The predicted molar refractivity (Wildman–Crippen MR) is 287 cm³/mol. The third-order valence-corrected chi connectivity index (χ3v) is 14.4. The minimum absolute atomic E-state index is 0.00420. The molecule has 0 aliphatic rings. The molecule has 0 saturated heterocycles. The van der Waals surface area contributed by atoms with Crippen molar-refractivity contribution in [3.8, 4) is 0 Å². The van der Waals surface area contributed by atoms with Crippen LogP contribution in [0.4, 0.5) is 0 Å². The Hall–Kier alpha value is -1.14. The van der Waals surface area contributed by atoms with Gasteiger partial charge in [0.05, 0.1) is 25.4 Å². The van der Waals surface area contributed by atoms with Crippen molar-refractivity contribution >= 4 is 11.9 Å². The molecule has 6 heteroatoms. The number of aliphatic hydroxyl groups is 2. The summed E-state index contributed by atoms with van der Waals surface area (Å²) in [4.78, 5) is 24.6. The second kappa shape index (κ2) is 56.4. The molecular weight excluding hydrogens is 815 g/mol.